The van der Waals surface area contributed by atoms with Crippen LogP contribution < -0.4 is 11.4 Å². The summed E-state index contributed by atoms with van der Waals surface area (Å²) in [5.41, 5.74) is 11.0. The van der Waals surface area contributed by atoms with Crippen LogP contribution in [0.4, 0.5) is 5.82 Å². The van der Waals surface area contributed by atoms with E-state index in [1.165, 1.54) is 0 Å². The van der Waals surface area contributed by atoms with Crippen LogP contribution in [0.5, 0.6) is 5.75 Å². The van der Waals surface area contributed by atoms with Gasteiger partial charge in [0.05, 0.1) is 16.8 Å². The molecule has 0 saturated carbocycles. The fourth-order valence-corrected chi connectivity index (χ4v) is 4.81. The van der Waals surface area contributed by atoms with E-state index in [-0.39, 0.29) is 28.4 Å². The van der Waals surface area contributed by atoms with Crippen LogP contribution in [0.2, 0.25) is 0 Å². The van der Waals surface area contributed by atoms with Crippen molar-refractivity contribution in [3.8, 4) is 51.1 Å². The quantitative estimate of drug-likeness (QED) is 0.264. The van der Waals surface area contributed by atoms with E-state index in [1.54, 1.807) is 35.9 Å². The monoisotopic (exact) mass is 525 g/mol. The lowest BCUT2D eigenvalue weighted by Gasteiger charge is -2.12. The molecule has 3 N–H and O–H groups in total. The number of hydrogen-bond acceptors (Lipinski definition) is 7. The number of hydrogen-bond donors (Lipinski definition) is 2. The summed E-state index contributed by atoms with van der Waals surface area (Å²) in [4.78, 5) is 17.5. The average molecular weight is 526 g/mol. The standard InChI is InChI=1S/C32H23N5O3/c1-18-11-13-20(14-12-18)28-25(17-37(36-28)21-8-4-3-5-9-21)23-15-26(35-31(34)24(23)16-33)27-29(38)22-10-6-7-19(2)30(22)40-32(27)39/h3-15,17,38H,1-2H3,(H2,34,35). The molecule has 0 radical (unpaired) electrons. The highest BCUT2D eigenvalue weighted by Crippen LogP contribution is 2.40. The Morgan fingerprint density at radius 1 is 0.975 bits per heavy atom. The Labute approximate surface area is 229 Å². The second-order valence-corrected chi connectivity index (χ2v) is 9.53. The molecule has 3 aromatic carbocycles. The number of nitriles is 1. The molecule has 6 rings (SSSR count). The largest absolute Gasteiger partial charge is 0.506 e. The smallest absolute Gasteiger partial charge is 0.349 e. The van der Waals surface area contributed by atoms with Crippen molar-refractivity contribution in [2.45, 2.75) is 13.8 Å². The highest BCUT2D eigenvalue weighted by atomic mass is 16.4. The predicted molar refractivity (Wildman–Crippen MR) is 154 cm³/mol. The summed E-state index contributed by atoms with van der Waals surface area (Å²) in [5, 5.41) is 26.5. The van der Waals surface area contributed by atoms with Gasteiger partial charge in [0.2, 0.25) is 0 Å². The molecular weight excluding hydrogens is 502 g/mol. The topological polar surface area (TPSA) is 131 Å². The number of anilines is 1. The summed E-state index contributed by atoms with van der Waals surface area (Å²) in [5.74, 6) is -0.350. The highest BCUT2D eigenvalue weighted by molar-refractivity contribution is 5.93. The van der Waals surface area contributed by atoms with Gasteiger partial charge in [-0.25, -0.2) is 14.5 Å². The Morgan fingerprint density at radius 3 is 2.45 bits per heavy atom. The normalized spacial score (nSPS) is 11.0. The van der Waals surface area contributed by atoms with Crippen LogP contribution in [0, 0.1) is 25.2 Å². The Morgan fingerprint density at radius 2 is 1.73 bits per heavy atom. The molecule has 8 heteroatoms. The minimum absolute atomic E-state index is 0.0829. The second-order valence-electron chi connectivity index (χ2n) is 9.53. The maximum atomic E-state index is 13.1. The Balaban J connectivity index is 1.64. The number of benzene rings is 3. The van der Waals surface area contributed by atoms with Gasteiger partial charge in [0.1, 0.15) is 40.0 Å². The number of aryl methyl sites for hydroxylation is 2. The number of aromatic nitrogens is 3. The SMILES string of the molecule is Cc1ccc(-c2nn(-c3ccccc3)cc2-c2cc(-c3c(O)c4cccc(C)c4oc3=O)nc(N)c2C#N)cc1. The van der Waals surface area contributed by atoms with Gasteiger partial charge in [-0.15, -0.1) is 0 Å². The summed E-state index contributed by atoms with van der Waals surface area (Å²) in [6, 6.07) is 26.4. The lowest BCUT2D eigenvalue weighted by atomic mass is 9.96. The first-order valence-corrected chi connectivity index (χ1v) is 12.5. The van der Waals surface area contributed by atoms with Gasteiger partial charge < -0.3 is 15.3 Å². The van der Waals surface area contributed by atoms with E-state index < -0.39 is 5.63 Å². The Hall–Kier alpha value is -5.68. The molecule has 0 atom stereocenters. The second kappa shape index (κ2) is 9.57. The molecule has 0 aliphatic carbocycles. The molecule has 0 bridgehead atoms. The fraction of sp³-hybridized carbons (Fsp3) is 0.0625. The molecule has 0 saturated heterocycles. The van der Waals surface area contributed by atoms with Gasteiger partial charge in [0, 0.05) is 22.9 Å². The first kappa shape index (κ1) is 24.6. The summed E-state index contributed by atoms with van der Waals surface area (Å²) >= 11 is 0. The minimum Gasteiger partial charge on any atom is -0.506 e. The van der Waals surface area contributed by atoms with Crippen molar-refractivity contribution in [3.05, 3.63) is 112 Å². The first-order valence-electron chi connectivity index (χ1n) is 12.5. The van der Waals surface area contributed by atoms with Gasteiger partial charge in [-0.3, -0.25) is 0 Å². The maximum Gasteiger partial charge on any atom is 0.349 e. The molecule has 0 spiro atoms. The van der Waals surface area contributed by atoms with Crippen molar-refractivity contribution in [2.24, 2.45) is 0 Å². The van der Waals surface area contributed by atoms with Crippen molar-refractivity contribution in [2.75, 3.05) is 5.73 Å². The van der Waals surface area contributed by atoms with Crippen LogP contribution >= 0.6 is 0 Å². The van der Waals surface area contributed by atoms with Gasteiger partial charge in [-0.05, 0) is 43.7 Å². The van der Waals surface area contributed by atoms with Gasteiger partial charge >= 0.3 is 5.63 Å². The molecule has 6 aromatic rings. The van der Waals surface area contributed by atoms with Crippen molar-refractivity contribution in [3.63, 3.8) is 0 Å². The summed E-state index contributed by atoms with van der Waals surface area (Å²) < 4.78 is 7.32. The van der Waals surface area contributed by atoms with Crippen molar-refractivity contribution in [1.82, 2.24) is 14.8 Å². The third kappa shape index (κ3) is 4.06. The molecule has 0 aliphatic heterocycles. The van der Waals surface area contributed by atoms with Gasteiger partial charge in [0.25, 0.3) is 0 Å². The van der Waals surface area contributed by atoms with Crippen LogP contribution in [0.25, 0.3) is 50.3 Å². The van der Waals surface area contributed by atoms with E-state index in [2.05, 4.69) is 11.1 Å². The first-order chi connectivity index (χ1) is 19.4. The number of nitrogens with zero attached hydrogens (tertiary/aromatic N) is 4. The molecule has 0 unspecified atom stereocenters. The van der Waals surface area contributed by atoms with Crippen LogP contribution in [0.15, 0.2) is 94.3 Å². The number of para-hydroxylation sites is 2. The highest BCUT2D eigenvalue weighted by Gasteiger charge is 2.24. The average Bonchev–Trinajstić information content (AvgIpc) is 3.40. The van der Waals surface area contributed by atoms with Gasteiger partial charge in [-0.2, -0.15) is 10.4 Å². The zero-order chi connectivity index (χ0) is 28.0. The van der Waals surface area contributed by atoms with E-state index in [0.29, 0.717) is 33.4 Å². The molecule has 3 heterocycles. The molecule has 0 amide bonds. The number of fused-ring (bicyclic) bond motifs is 1. The van der Waals surface area contributed by atoms with E-state index in [9.17, 15) is 15.2 Å². The summed E-state index contributed by atoms with van der Waals surface area (Å²) in [6.07, 6.45) is 1.82. The van der Waals surface area contributed by atoms with Crippen LogP contribution in [0.3, 0.4) is 0 Å². The minimum atomic E-state index is -0.763. The van der Waals surface area contributed by atoms with Crippen molar-refractivity contribution >= 4 is 16.8 Å². The molecule has 0 fully saturated rings. The van der Waals surface area contributed by atoms with Crippen molar-refractivity contribution < 1.29 is 9.52 Å². The molecule has 0 aliphatic rings. The van der Waals surface area contributed by atoms with E-state index >= 15 is 0 Å². The Kier molecular flexibility index (Phi) is 5.89. The molecule has 8 nitrogen and oxygen atoms in total. The van der Waals surface area contributed by atoms with E-state index in [0.717, 1.165) is 16.8 Å². The number of nitrogens with two attached hydrogens (primary N) is 1. The third-order valence-corrected chi connectivity index (χ3v) is 6.87. The molecule has 194 valence electrons. The lowest BCUT2D eigenvalue weighted by Crippen LogP contribution is -2.08. The maximum absolute atomic E-state index is 13.1. The van der Waals surface area contributed by atoms with Crippen molar-refractivity contribution in [1.29, 1.82) is 5.26 Å². The lowest BCUT2D eigenvalue weighted by molar-refractivity contribution is 0.470. The predicted octanol–water partition coefficient (Wildman–Crippen LogP) is 6.15. The number of rotatable bonds is 4. The fourth-order valence-electron chi connectivity index (χ4n) is 4.81. The number of nitrogen functional groups attached to an aromatic ring is 1. The Bertz CT molecular complexity index is 2020. The van der Waals surface area contributed by atoms with Crippen LogP contribution in [-0.4, -0.2) is 19.9 Å². The molecular formula is C32H23N5O3. The summed E-state index contributed by atoms with van der Waals surface area (Å²) in [7, 11) is 0. The molecule has 3 aromatic heterocycles. The van der Waals surface area contributed by atoms with E-state index in [4.69, 9.17) is 15.2 Å². The van der Waals surface area contributed by atoms with Crippen LogP contribution in [-0.2, 0) is 0 Å². The summed E-state index contributed by atoms with van der Waals surface area (Å²) in [6.45, 7) is 3.79. The number of aromatic hydroxyl groups is 1. The van der Waals surface area contributed by atoms with Gasteiger partial charge in [0.15, 0.2) is 0 Å². The van der Waals surface area contributed by atoms with Crippen LogP contribution in [0.1, 0.15) is 16.7 Å². The zero-order valence-corrected chi connectivity index (χ0v) is 21.7. The molecule has 40 heavy (non-hydrogen) atoms. The van der Waals surface area contributed by atoms with Gasteiger partial charge in [-0.1, -0.05) is 60.2 Å². The van der Waals surface area contributed by atoms with E-state index in [1.807, 2.05) is 67.7 Å². The number of pyridine rings is 1. The zero-order valence-electron chi connectivity index (χ0n) is 21.7. The third-order valence-electron chi connectivity index (χ3n) is 6.87.